The van der Waals surface area contributed by atoms with Crippen LogP contribution in [0.3, 0.4) is 0 Å². The number of aromatic nitrogens is 2. The van der Waals surface area contributed by atoms with E-state index in [1.165, 1.54) is 10.4 Å². The number of amides is 1. The molecule has 5 rings (SSSR count). The summed E-state index contributed by atoms with van der Waals surface area (Å²) in [5.41, 5.74) is 9.10. The van der Waals surface area contributed by atoms with Gasteiger partial charge in [0.25, 0.3) is 5.91 Å². The minimum atomic E-state index is -0.320. The summed E-state index contributed by atoms with van der Waals surface area (Å²) >= 11 is 1.78. The highest BCUT2D eigenvalue weighted by molar-refractivity contribution is 7.15. The van der Waals surface area contributed by atoms with Gasteiger partial charge in [0.1, 0.15) is 11.5 Å². The molecule has 2 aliphatic heterocycles. The summed E-state index contributed by atoms with van der Waals surface area (Å²) in [5, 5.41) is 0. The topological polar surface area (TPSA) is 81.3 Å². The number of ether oxygens (including phenoxy) is 1. The average Bonchev–Trinajstić information content (AvgIpc) is 3.20. The van der Waals surface area contributed by atoms with E-state index in [2.05, 4.69) is 16.0 Å². The molecule has 0 aliphatic carbocycles. The van der Waals surface area contributed by atoms with E-state index in [-0.39, 0.29) is 11.5 Å². The van der Waals surface area contributed by atoms with Crippen LogP contribution in [-0.4, -0.2) is 40.5 Å². The van der Waals surface area contributed by atoms with Crippen LogP contribution in [0.15, 0.2) is 42.5 Å². The van der Waals surface area contributed by atoms with Crippen LogP contribution in [0.2, 0.25) is 0 Å². The predicted octanol–water partition coefficient (Wildman–Crippen LogP) is 3.80. The zero-order valence-corrected chi connectivity index (χ0v) is 17.7. The molecule has 154 valence electrons. The van der Waals surface area contributed by atoms with E-state index in [4.69, 9.17) is 10.5 Å². The molecule has 1 saturated heterocycles. The van der Waals surface area contributed by atoms with Gasteiger partial charge in [-0.25, -0.2) is 9.97 Å². The van der Waals surface area contributed by atoms with Crippen molar-refractivity contribution >= 4 is 23.1 Å². The molecule has 3 aromatic rings. The molecule has 7 heteroatoms. The highest BCUT2D eigenvalue weighted by Crippen LogP contribution is 2.46. The summed E-state index contributed by atoms with van der Waals surface area (Å²) in [6.45, 7) is 3.94. The van der Waals surface area contributed by atoms with Crippen molar-refractivity contribution in [3.05, 3.63) is 64.3 Å². The lowest BCUT2D eigenvalue weighted by atomic mass is 9.82. The zero-order valence-electron chi connectivity index (χ0n) is 16.9. The van der Waals surface area contributed by atoms with Crippen molar-refractivity contribution in [1.29, 1.82) is 0 Å². The number of carbonyl (C=O) groups excluding carboxylic acids is 1. The molecular weight excluding hydrogens is 396 g/mol. The highest BCUT2D eigenvalue weighted by Gasteiger charge is 2.43. The summed E-state index contributed by atoms with van der Waals surface area (Å²) < 4.78 is 6.37. The maximum absolute atomic E-state index is 12.9. The van der Waals surface area contributed by atoms with Gasteiger partial charge in [-0.05, 0) is 55.7 Å². The van der Waals surface area contributed by atoms with Crippen molar-refractivity contribution in [3.63, 3.8) is 0 Å². The Balaban J connectivity index is 1.38. The molecule has 0 bridgehead atoms. The molecule has 30 heavy (non-hydrogen) atoms. The Bertz CT molecular complexity index is 1100. The third-order valence-corrected chi connectivity index (χ3v) is 7.21. The Morgan fingerprint density at radius 3 is 2.73 bits per heavy atom. The number of hydrogen-bond acceptors (Lipinski definition) is 6. The highest BCUT2D eigenvalue weighted by atomic mass is 32.1. The van der Waals surface area contributed by atoms with Crippen LogP contribution in [0.1, 0.15) is 39.5 Å². The first-order valence-corrected chi connectivity index (χ1v) is 11.1. The number of piperidine rings is 1. The molecule has 5 heterocycles. The lowest BCUT2D eigenvalue weighted by Gasteiger charge is -2.44. The fourth-order valence-corrected chi connectivity index (χ4v) is 5.64. The number of likely N-dealkylation sites (tertiary alicyclic amines) is 1. The van der Waals surface area contributed by atoms with Gasteiger partial charge < -0.3 is 15.4 Å². The van der Waals surface area contributed by atoms with Crippen molar-refractivity contribution in [3.8, 4) is 10.6 Å². The van der Waals surface area contributed by atoms with Crippen molar-refractivity contribution in [2.24, 2.45) is 0 Å². The van der Waals surface area contributed by atoms with E-state index in [0.29, 0.717) is 31.2 Å². The van der Waals surface area contributed by atoms with Crippen molar-refractivity contribution in [1.82, 2.24) is 14.9 Å². The van der Waals surface area contributed by atoms with Gasteiger partial charge in [0.2, 0.25) is 0 Å². The summed E-state index contributed by atoms with van der Waals surface area (Å²) in [4.78, 5) is 26.2. The number of anilines is 1. The molecule has 0 atom stereocenters. The van der Waals surface area contributed by atoms with Gasteiger partial charge in [-0.15, -0.1) is 11.3 Å². The molecule has 6 nitrogen and oxygen atoms in total. The normalized spacial score (nSPS) is 17.7. The van der Waals surface area contributed by atoms with Gasteiger partial charge >= 0.3 is 0 Å². The average molecular weight is 421 g/mol. The van der Waals surface area contributed by atoms with E-state index in [9.17, 15) is 4.79 Å². The van der Waals surface area contributed by atoms with Gasteiger partial charge in [-0.2, -0.15) is 0 Å². The molecule has 0 saturated carbocycles. The Morgan fingerprint density at radius 2 is 1.97 bits per heavy atom. The maximum atomic E-state index is 12.9. The molecule has 2 aliphatic rings. The standard InChI is InChI=1S/C23H24N4O2S/c1-15-4-2-6-18(25-15)22(28)27-11-9-23(10-12-27)16-14-20(30-19(16)8-13-29-23)17-5-3-7-21(24)26-17/h2-7,14H,8-13H2,1H3,(H2,24,26). The summed E-state index contributed by atoms with van der Waals surface area (Å²) in [7, 11) is 0. The smallest absolute Gasteiger partial charge is 0.272 e. The SMILES string of the molecule is Cc1cccc(C(=O)N2CCC3(CC2)OCCc2sc(-c4cccc(N)n4)cc23)n1. The predicted molar refractivity (Wildman–Crippen MR) is 117 cm³/mol. The largest absolute Gasteiger partial charge is 0.384 e. The molecular formula is C23H24N4O2S. The van der Waals surface area contributed by atoms with E-state index in [1.807, 2.05) is 36.1 Å². The van der Waals surface area contributed by atoms with Gasteiger partial charge in [-0.1, -0.05) is 12.1 Å². The number of carbonyl (C=O) groups is 1. The lowest BCUT2D eigenvalue weighted by molar-refractivity contribution is -0.0926. The lowest BCUT2D eigenvalue weighted by Crippen LogP contribution is -2.48. The molecule has 1 fully saturated rings. The third kappa shape index (κ3) is 3.38. The van der Waals surface area contributed by atoms with Crippen molar-refractivity contribution in [2.75, 3.05) is 25.4 Å². The fourth-order valence-electron chi connectivity index (χ4n) is 4.44. The summed E-state index contributed by atoms with van der Waals surface area (Å²) in [6.07, 6.45) is 2.50. The number of nitrogens with zero attached hydrogens (tertiary/aromatic N) is 3. The second kappa shape index (κ2) is 7.49. The minimum absolute atomic E-state index is 0.000415. The van der Waals surface area contributed by atoms with E-state index < -0.39 is 0 Å². The van der Waals surface area contributed by atoms with Gasteiger partial charge in [-0.3, -0.25) is 4.79 Å². The Kier molecular flexibility index (Phi) is 4.79. The maximum Gasteiger partial charge on any atom is 0.272 e. The van der Waals surface area contributed by atoms with Crippen LogP contribution in [0, 0.1) is 6.92 Å². The second-order valence-corrected chi connectivity index (χ2v) is 9.08. The number of fused-ring (bicyclic) bond motifs is 2. The van der Waals surface area contributed by atoms with Crippen LogP contribution < -0.4 is 5.73 Å². The number of pyridine rings is 2. The Morgan fingerprint density at radius 1 is 1.17 bits per heavy atom. The monoisotopic (exact) mass is 420 g/mol. The first kappa shape index (κ1) is 19.2. The number of nitrogen functional groups attached to an aromatic ring is 1. The quantitative estimate of drug-likeness (QED) is 0.682. The van der Waals surface area contributed by atoms with Gasteiger partial charge in [0, 0.05) is 30.1 Å². The molecule has 0 radical (unpaired) electrons. The minimum Gasteiger partial charge on any atom is -0.384 e. The Hall–Kier alpha value is -2.77. The number of nitrogens with two attached hydrogens (primary N) is 1. The van der Waals surface area contributed by atoms with Crippen LogP contribution in [0.4, 0.5) is 5.82 Å². The number of rotatable bonds is 2. The van der Waals surface area contributed by atoms with E-state index in [0.717, 1.165) is 35.5 Å². The third-order valence-electron chi connectivity index (χ3n) is 6.00. The number of hydrogen-bond donors (Lipinski definition) is 1. The van der Waals surface area contributed by atoms with Crippen LogP contribution in [0.5, 0.6) is 0 Å². The van der Waals surface area contributed by atoms with Crippen LogP contribution in [0.25, 0.3) is 10.6 Å². The first-order chi connectivity index (χ1) is 14.5. The van der Waals surface area contributed by atoms with E-state index >= 15 is 0 Å². The fraction of sp³-hybridized carbons (Fsp3) is 0.348. The molecule has 3 aromatic heterocycles. The van der Waals surface area contributed by atoms with Gasteiger partial charge in [0.15, 0.2) is 0 Å². The van der Waals surface area contributed by atoms with Crippen LogP contribution in [-0.2, 0) is 16.8 Å². The van der Waals surface area contributed by atoms with Crippen molar-refractivity contribution < 1.29 is 9.53 Å². The van der Waals surface area contributed by atoms with E-state index in [1.54, 1.807) is 23.5 Å². The molecule has 1 spiro atoms. The molecule has 0 unspecified atom stereocenters. The van der Waals surface area contributed by atoms with Gasteiger partial charge in [0.05, 0.1) is 22.8 Å². The number of aryl methyl sites for hydroxylation is 1. The molecule has 1 amide bonds. The molecule has 2 N–H and O–H groups in total. The Labute approximate surface area is 179 Å². The second-order valence-electron chi connectivity index (χ2n) is 7.94. The molecule has 0 aromatic carbocycles. The zero-order chi connectivity index (χ0) is 20.7. The first-order valence-electron chi connectivity index (χ1n) is 10.3. The summed E-state index contributed by atoms with van der Waals surface area (Å²) in [6, 6.07) is 13.5. The van der Waals surface area contributed by atoms with Crippen LogP contribution >= 0.6 is 11.3 Å². The number of thiophene rings is 1. The van der Waals surface area contributed by atoms with Crippen molar-refractivity contribution in [2.45, 2.75) is 31.8 Å². The summed E-state index contributed by atoms with van der Waals surface area (Å²) in [5.74, 6) is 0.529.